The first-order chi connectivity index (χ1) is 7.41. The summed E-state index contributed by atoms with van der Waals surface area (Å²) in [4.78, 5) is 12.5. The molecule has 2 atom stereocenters. The minimum Gasteiger partial charge on any atom is -0.395 e. The van der Waals surface area contributed by atoms with Crippen LogP contribution in [0.25, 0.3) is 0 Å². The van der Waals surface area contributed by atoms with Crippen molar-refractivity contribution in [1.29, 1.82) is 0 Å². The number of carbonyl (C=O) groups excluding carboxylic acids is 1. The summed E-state index contributed by atoms with van der Waals surface area (Å²) in [5.41, 5.74) is 0. The van der Waals surface area contributed by atoms with Gasteiger partial charge >= 0.3 is 0 Å². The monoisotopic (exact) mass is 271 g/mol. The Bertz CT molecular complexity index is 357. The second kappa shape index (κ2) is 5.31. The number of rotatable bonds is 4. The number of halogens is 1. The highest BCUT2D eigenvalue weighted by atomic mass is 35.5. The Morgan fingerprint density at radius 2 is 2.06 bits per heavy atom. The summed E-state index contributed by atoms with van der Waals surface area (Å²) in [5, 5.41) is 18.4. The second-order valence-electron chi connectivity index (χ2n) is 3.66. The molecule has 2 unspecified atom stereocenters. The highest BCUT2D eigenvalue weighted by Crippen LogP contribution is 2.18. The molecule has 1 rings (SSSR count). The minimum atomic E-state index is -3.32. The van der Waals surface area contributed by atoms with E-state index in [1.165, 1.54) is 0 Å². The van der Waals surface area contributed by atoms with Crippen molar-refractivity contribution in [1.82, 2.24) is 4.90 Å². The van der Waals surface area contributed by atoms with Crippen LogP contribution in [0, 0.1) is 0 Å². The molecule has 0 aliphatic carbocycles. The van der Waals surface area contributed by atoms with E-state index in [1.54, 1.807) is 0 Å². The number of hydrogen-bond donors (Lipinski definition) is 2. The fourth-order valence-electron chi connectivity index (χ4n) is 1.77. The number of carbonyl (C=O) groups is 1. The molecule has 0 saturated carbocycles. The molecule has 2 N–H and O–H groups in total. The van der Waals surface area contributed by atoms with Crippen LogP contribution in [0.4, 0.5) is 0 Å². The number of sulfone groups is 1. The first-order valence-corrected chi connectivity index (χ1v) is 7.11. The lowest BCUT2D eigenvalue weighted by Crippen LogP contribution is -2.48. The van der Waals surface area contributed by atoms with Crippen molar-refractivity contribution >= 4 is 27.3 Å². The molecular formula is C8H14ClNO5S. The first-order valence-electron chi connectivity index (χ1n) is 4.76. The van der Waals surface area contributed by atoms with Gasteiger partial charge in [-0.05, 0) is 0 Å². The van der Waals surface area contributed by atoms with Gasteiger partial charge in [-0.25, -0.2) is 8.42 Å². The Balaban J connectivity index is 2.83. The van der Waals surface area contributed by atoms with Gasteiger partial charge in [0.15, 0.2) is 9.84 Å². The highest BCUT2D eigenvalue weighted by molar-refractivity contribution is 7.91. The highest BCUT2D eigenvalue weighted by Gasteiger charge is 2.41. The third kappa shape index (κ3) is 3.07. The molecule has 94 valence electrons. The van der Waals surface area contributed by atoms with E-state index < -0.39 is 27.9 Å². The Labute approximate surface area is 98.7 Å². The molecule has 1 fully saturated rings. The molecule has 1 amide bonds. The SMILES string of the molecule is O=C(CCl)N(CCO)C1CS(=O)(=O)CC1O. The number of amides is 1. The third-order valence-corrected chi connectivity index (χ3v) is 4.40. The zero-order chi connectivity index (χ0) is 12.3. The smallest absolute Gasteiger partial charge is 0.237 e. The largest absolute Gasteiger partial charge is 0.395 e. The molecule has 0 bridgehead atoms. The van der Waals surface area contributed by atoms with E-state index in [2.05, 4.69) is 0 Å². The maximum absolute atomic E-state index is 11.4. The molecule has 0 spiro atoms. The number of nitrogens with zero attached hydrogens (tertiary/aromatic N) is 1. The zero-order valence-corrected chi connectivity index (χ0v) is 10.1. The topological polar surface area (TPSA) is 94.9 Å². The van der Waals surface area contributed by atoms with Crippen LogP contribution >= 0.6 is 11.6 Å². The van der Waals surface area contributed by atoms with E-state index in [1.807, 2.05) is 0 Å². The molecule has 16 heavy (non-hydrogen) atoms. The normalized spacial score (nSPS) is 27.9. The van der Waals surface area contributed by atoms with E-state index >= 15 is 0 Å². The maximum atomic E-state index is 11.4. The average molecular weight is 272 g/mol. The van der Waals surface area contributed by atoms with E-state index in [0.29, 0.717) is 0 Å². The lowest BCUT2D eigenvalue weighted by Gasteiger charge is -2.28. The van der Waals surface area contributed by atoms with Gasteiger partial charge in [0.05, 0.1) is 30.3 Å². The summed E-state index contributed by atoms with van der Waals surface area (Å²) >= 11 is 5.38. The fraction of sp³-hybridized carbons (Fsp3) is 0.875. The summed E-state index contributed by atoms with van der Waals surface area (Å²) in [7, 11) is -3.32. The zero-order valence-electron chi connectivity index (χ0n) is 8.54. The Morgan fingerprint density at radius 3 is 2.44 bits per heavy atom. The van der Waals surface area contributed by atoms with Crippen molar-refractivity contribution in [3.8, 4) is 0 Å². The summed E-state index contributed by atoms with van der Waals surface area (Å²) in [6.45, 7) is -0.325. The van der Waals surface area contributed by atoms with Crippen LogP contribution in [0.1, 0.15) is 0 Å². The van der Waals surface area contributed by atoms with Crippen molar-refractivity contribution in [3.05, 3.63) is 0 Å². The van der Waals surface area contributed by atoms with E-state index in [-0.39, 0.29) is 30.5 Å². The number of aliphatic hydroxyl groups is 2. The van der Waals surface area contributed by atoms with E-state index in [0.717, 1.165) is 4.90 Å². The Hall–Kier alpha value is -0.370. The van der Waals surface area contributed by atoms with E-state index in [9.17, 15) is 18.3 Å². The average Bonchev–Trinajstić information content (AvgIpc) is 2.47. The van der Waals surface area contributed by atoms with Gasteiger partial charge < -0.3 is 15.1 Å². The first kappa shape index (κ1) is 13.7. The number of aliphatic hydroxyl groups excluding tert-OH is 2. The lowest BCUT2D eigenvalue weighted by atomic mass is 10.2. The maximum Gasteiger partial charge on any atom is 0.237 e. The molecule has 6 nitrogen and oxygen atoms in total. The van der Waals surface area contributed by atoms with Gasteiger partial charge in [-0.3, -0.25) is 4.79 Å². The fourth-order valence-corrected chi connectivity index (χ4v) is 3.72. The molecule has 1 heterocycles. The second-order valence-corrected chi connectivity index (χ2v) is 6.08. The van der Waals surface area contributed by atoms with E-state index in [4.69, 9.17) is 16.7 Å². The molecule has 8 heteroatoms. The van der Waals surface area contributed by atoms with Gasteiger partial charge in [0.25, 0.3) is 0 Å². The van der Waals surface area contributed by atoms with Crippen LogP contribution in [-0.4, -0.2) is 72.1 Å². The Kier molecular flexibility index (Phi) is 4.54. The molecular weight excluding hydrogens is 258 g/mol. The number of hydrogen-bond acceptors (Lipinski definition) is 5. The van der Waals surface area contributed by atoms with Crippen molar-refractivity contribution in [2.75, 3.05) is 30.5 Å². The van der Waals surface area contributed by atoms with Gasteiger partial charge in [-0.15, -0.1) is 11.6 Å². The van der Waals surface area contributed by atoms with Crippen LogP contribution in [0.5, 0.6) is 0 Å². The molecule has 1 saturated heterocycles. The Morgan fingerprint density at radius 1 is 1.44 bits per heavy atom. The van der Waals surface area contributed by atoms with Crippen LogP contribution in [0.2, 0.25) is 0 Å². The van der Waals surface area contributed by atoms with Crippen LogP contribution < -0.4 is 0 Å². The predicted octanol–water partition coefficient (Wildman–Crippen LogP) is -1.80. The molecule has 1 aliphatic rings. The van der Waals surface area contributed by atoms with Gasteiger partial charge in [-0.1, -0.05) is 0 Å². The van der Waals surface area contributed by atoms with Gasteiger partial charge in [0, 0.05) is 6.54 Å². The van der Waals surface area contributed by atoms with Gasteiger partial charge in [0.1, 0.15) is 5.88 Å². The van der Waals surface area contributed by atoms with Crippen LogP contribution in [0.15, 0.2) is 0 Å². The summed E-state index contributed by atoms with van der Waals surface area (Å²) in [6, 6.07) is -0.802. The quantitative estimate of drug-likeness (QED) is 0.589. The summed E-state index contributed by atoms with van der Waals surface area (Å²) in [6.07, 6.45) is -1.11. The molecule has 0 aromatic carbocycles. The van der Waals surface area contributed by atoms with Crippen molar-refractivity contribution < 1.29 is 23.4 Å². The van der Waals surface area contributed by atoms with Gasteiger partial charge in [0.2, 0.25) is 5.91 Å². The number of alkyl halides is 1. The molecule has 0 aromatic heterocycles. The van der Waals surface area contributed by atoms with Gasteiger partial charge in [-0.2, -0.15) is 0 Å². The predicted molar refractivity (Wildman–Crippen MR) is 58.0 cm³/mol. The summed E-state index contributed by atoms with van der Waals surface area (Å²) in [5.74, 6) is -1.42. The van der Waals surface area contributed by atoms with Crippen molar-refractivity contribution in [2.45, 2.75) is 12.1 Å². The van der Waals surface area contributed by atoms with Crippen LogP contribution in [-0.2, 0) is 14.6 Å². The lowest BCUT2D eigenvalue weighted by molar-refractivity contribution is -0.132. The summed E-state index contributed by atoms with van der Waals surface area (Å²) < 4.78 is 22.6. The third-order valence-electron chi connectivity index (χ3n) is 2.47. The molecule has 1 aliphatic heterocycles. The molecule has 0 radical (unpaired) electrons. The van der Waals surface area contributed by atoms with Crippen molar-refractivity contribution in [2.24, 2.45) is 0 Å². The van der Waals surface area contributed by atoms with Crippen LogP contribution in [0.3, 0.4) is 0 Å². The standard InChI is InChI=1S/C8H14ClNO5S/c9-3-8(13)10(1-2-11)6-4-16(14,15)5-7(6)12/h6-7,11-12H,1-5H2. The van der Waals surface area contributed by atoms with Crippen molar-refractivity contribution in [3.63, 3.8) is 0 Å². The minimum absolute atomic E-state index is 0.0250. The molecule has 0 aromatic rings.